The Bertz CT molecular complexity index is 393. The van der Waals surface area contributed by atoms with Gasteiger partial charge in [-0.05, 0) is 18.9 Å². The summed E-state index contributed by atoms with van der Waals surface area (Å²) in [5.41, 5.74) is 7.98. The molecule has 0 aliphatic carbocycles. The smallest absolute Gasteiger partial charge is 0.272 e. The Balaban J connectivity index is 2.96. The maximum atomic E-state index is 12.2. The monoisotopic (exact) mass is 223 g/mol. The number of carbonyl (C=O) groups excluding carboxylic acids is 1. The van der Waals surface area contributed by atoms with E-state index in [0.717, 1.165) is 12.2 Å². The average molecular weight is 223 g/mol. The molecule has 0 saturated heterocycles. The van der Waals surface area contributed by atoms with Crippen molar-refractivity contribution in [3.63, 3.8) is 0 Å². The number of amides is 1. The number of aromatic nitrogens is 1. The summed E-state index contributed by atoms with van der Waals surface area (Å²) >= 11 is 0. The zero-order chi connectivity index (χ0) is 12.5. The van der Waals surface area contributed by atoms with E-state index in [9.17, 15) is 4.79 Å². The largest absolute Gasteiger partial charge is 0.397 e. The van der Waals surface area contributed by atoms with Crippen molar-refractivity contribution in [1.29, 1.82) is 0 Å². The molecule has 16 heavy (non-hydrogen) atoms. The molecule has 4 heteroatoms. The van der Waals surface area contributed by atoms with Crippen LogP contribution in [0, 0.1) is 12.8 Å². The molecule has 0 bridgehead atoms. The van der Waals surface area contributed by atoms with Crippen molar-refractivity contribution >= 4 is 11.6 Å². The molecule has 1 rings (SSSR count). The summed E-state index contributed by atoms with van der Waals surface area (Å²) in [5, 5.41) is 0. The van der Waals surface area contributed by atoms with Crippen LogP contribution in [-0.2, 0) is 7.05 Å². The summed E-state index contributed by atoms with van der Waals surface area (Å²) in [6.45, 7) is 6.85. The van der Waals surface area contributed by atoms with Crippen LogP contribution in [0.4, 0.5) is 5.69 Å². The van der Waals surface area contributed by atoms with Gasteiger partial charge in [0.2, 0.25) is 0 Å². The molecule has 0 aliphatic heterocycles. The number of anilines is 1. The van der Waals surface area contributed by atoms with Crippen LogP contribution in [0.3, 0.4) is 0 Å². The van der Waals surface area contributed by atoms with E-state index in [0.29, 0.717) is 17.3 Å². The summed E-state index contributed by atoms with van der Waals surface area (Å²) in [6.07, 6.45) is 0. The van der Waals surface area contributed by atoms with E-state index >= 15 is 0 Å². The summed E-state index contributed by atoms with van der Waals surface area (Å²) in [6, 6.07) is 1.83. The Labute approximate surface area is 97.0 Å². The molecule has 0 spiro atoms. The van der Waals surface area contributed by atoms with Gasteiger partial charge in [0.25, 0.3) is 5.91 Å². The maximum Gasteiger partial charge on any atom is 0.272 e. The topological polar surface area (TPSA) is 51.3 Å². The second kappa shape index (κ2) is 4.60. The maximum absolute atomic E-state index is 12.2. The molecule has 1 aromatic heterocycles. The number of nitrogens with zero attached hydrogens (tertiary/aromatic N) is 2. The zero-order valence-electron chi connectivity index (χ0n) is 10.7. The standard InChI is InChI=1S/C12H21N3O/c1-8(2)7-14(4)12(16)11-10(13)6-9(3)15(11)5/h6,8H,7,13H2,1-5H3. The van der Waals surface area contributed by atoms with Crippen LogP contribution in [0.5, 0.6) is 0 Å². The first-order valence-corrected chi connectivity index (χ1v) is 5.51. The third-order valence-electron chi connectivity index (χ3n) is 2.69. The van der Waals surface area contributed by atoms with Crippen LogP contribution in [0.2, 0.25) is 0 Å². The van der Waals surface area contributed by atoms with Crippen molar-refractivity contribution in [2.24, 2.45) is 13.0 Å². The fraction of sp³-hybridized carbons (Fsp3) is 0.583. The van der Waals surface area contributed by atoms with E-state index in [1.807, 2.05) is 31.7 Å². The Hall–Kier alpha value is -1.45. The molecule has 0 aromatic carbocycles. The highest BCUT2D eigenvalue weighted by Crippen LogP contribution is 2.18. The van der Waals surface area contributed by atoms with Crippen molar-refractivity contribution in [3.05, 3.63) is 17.5 Å². The van der Waals surface area contributed by atoms with E-state index in [1.54, 1.807) is 4.90 Å². The molecule has 0 atom stereocenters. The number of hydrogen-bond acceptors (Lipinski definition) is 2. The van der Waals surface area contributed by atoms with Gasteiger partial charge in [0.05, 0.1) is 5.69 Å². The third-order valence-corrected chi connectivity index (χ3v) is 2.69. The highest BCUT2D eigenvalue weighted by molar-refractivity contribution is 5.97. The van der Waals surface area contributed by atoms with E-state index < -0.39 is 0 Å². The van der Waals surface area contributed by atoms with Gasteiger partial charge in [-0.3, -0.25) is 4.79 Å². The predicted octanol–water partition coefficient (Wildman–Crippen LogP) is 1.64. The lowest BCUT2D eigenvalue weighted by Crippen LogP contribution is -2.32. The highest BCUT2D eigenvalue weighted by atomic mass is 16.2. The lowest BCUT2D eigenvalue weighted by Gasteiger charge is -2.20. The van der Waals surface area contributed by atoms with Gasteiger partial charge in [-0.1, -0.05) is 13.8 Å². The van der Waals surface area contributed by atoms with Gasteiger partial charge in [0.15, 0.2) is 0 Å². The number of aryl methyl sites for hydroxylation is 1. The fourth-order valence-corrected chi connectivity index (χ4v) is 1.84. The van der Waals surface area contributed by atoms with E-state index in [1.165, 1.54) is 0 Å². The van der Waals surface area contributed by atoms with Gasteiger partial charge < -0.3 is 15.2 Å². The van der Waals surface area contributed by atoms with Gasteiger partial charge >= 0.3 is 0 Å². The van der Waals surface area contributed by atoms with Crippen LogP contribution >= 0.6 is 0 Å². The first-order chi connectivity index (χ1) is 7.34. The summed E-state index contributed by atoms with van der Waals surface area (Å²) in [4.78, 5) is 13.9. The van der Waals surface area contributed by atoms with Crippen molar-refractivity contribution < 1.29 is 4.79 Å². The molecular weight excluding hydrogens is 202 g/mol. The Kier molecular flexibility index (Phi) is 3.62. The summed E-state index contributed by atoms with van der Waals surface area (Å²) < 4.78 is 1.84. The van der Waals surface area contributed by atoms with Crippen LogP contribution in [0.15, 0.2) is 6.07 Å². The van der Waals surface area contributed by atoms with E-state index in [-0.39, 0.29) is 5.91 Å². The van der Waals surface area contributed by atoms with Crippen LogP contribution in [0.1, 0.15) is 30.0 Å². The average Bonchev–Trinajstić information content (AvgIpc) is 2.39. The number of hydrogen-bond donors (Lipinski definition) is 1. The molecular formula is C12H21N3O. The van der Waals surface area contributed by atoms with E-state index in [2.05, 4.69) is 13.8 Å². The number of nitrogen functional groups attached to an aromatic ring is 1. The SMILES string of the molecule is Cc1cc(N)c(C(=O)N(C)CC(C)C)n1C. The van der Waals surface area contributed by atoms with Crippen molar-refractivity contribution in [2.75, 3.05) is 19.3 Å². The Morgan fingerprint density at radius 1 is 1.56 bits per heavy atom. The molecule has 4 nitrogen and oxygen atoms in total. The third kappa shape index (κ3) is 2.38. The molecule has 1 amide bonds. The Morgan fingerprint density at radius 3 is 2.50 bits per heavy atom. The number of nitrogens with two attached hydrogens (primary N) is 1. The molecule has 0 aliphatic rings. The quantitative estimate of drug-likeness (QED) is 0.847. The van der Waals surface area contributed by atoms with E-state index in [4.69, 9.17) is 5.73 Å². The highest BCUT2D eigenvalue weighted by Gasteiger charge is 2.19. The minimum atomic E-state index is -0.0122. The van der Waals surface area contributed by atoms with Gasteiger partial charge in [-0.25, -0.2) is 0 Å². The summed E-state index contributed by atoms with van der Waals surface area (Å²) in [5.74, 6) is 0.443. The van der Waals surface area contributed by atoms with Gasteiger partial charge in [-0.15, -0.1) is 0 Å². The predicted molar refractivity (Wildman–Crippen MR) is 66.4 cm³/mol. The van der Waals surface area contributed by atoms with Gasteiger partial charge in [-0.2, -0.15) is 0 Å². The molecule has 1 aromatic rings. The second-order valence-electron chi connectivity index (χ2n) is 4.73. The van der Waals surface area contributed by atoms with Crippen LogP contribution in [0.25, 0.3) is 0 Å². The number of rotatable bonds is 3. The lowest BCUT2D eigenvalue weighted by atomic mass is 10.2. The van der Waals surface area contributed by atoms with Crippen molar-refractivity contribution in [1.82, 2.24) is 9.47 Å². The molecule has 2 N–H and O–H groups in total. The normalized spacial score (nSPS) is 10.9. The second-order valence-corrected chi connectivity index (χ2v) is 4.73. The minimum absolute atomic E-state index is 0.0122. The molecule has 1 heterocycles. The zero-order valence-corrected chi connectivity index (χ0v) is 10.7. The summed E-state index contributed by atoms with van der Waals surface area (Å²) in [7, 11) is 3.67. The molecule has 0 fully saturated rings. The Morgan fingerprint density at radius 2 is 2.12 bits per heavy atom. The first-order valence-electron chi connectivity index (χ1n) is 5.51. The lowest BCUT2D eigenvalue weighted by molar-refractivity contribution is 0.0770. The number of carbonyl (C=O) groups is 1. The van der Waals surface area contributed by atoms with Crippen LogP contribution < -0.4 is 5.73 Å². The molecule has 0 saturated carbocycles. The molecule has 0 radical (unpaired) electrons. The van der Waals surface area contributed by atoms with Gasteiger partial charge in [0.1, 0.15) is 5.69 Å². The first kappa shape index (κ1) is 12.6. The minimum Gasteiger partial charge on any atom is -0.397 e. The molecule has 90 valence electrons. The van der Waals surface area contributed by atoms with Crippen LogP contribution in [-0.4, -0.2) is 29.0 Å². The van der Waals surface area contributed by atoms with Gasteiger partial charge in [0, 0.05) is 26.3 Å². The van der Waals surface area contributed by atoms with Crippen molar-refractivity contribution in [2.45, 2.75) is 20.8 Å². The fourth-order valence-electron chi connectivity index (χ4n) is 1.84. The molecule has 0 unspecified atom stereocenters. The van der Waals surface area contributed by atoms with Crippen molar-refractivity contribution in [3.8, 4) is 0 Å².